The fourth-order valence-corrected chi connectivity index (χ4v) is 4.01. The Morgan fingerprint density at radius 2 is 1.81 bits per heavy atom. The number of nitrogens with zero attached hydrogens (tertiary/aromatic N) is 1. The molecule has 3 saturated heterocycles. The van der Waals surface area contributed by atoms with Crippen molar-refractivity contribution in [2.45, 2.75) is 29.3 Å². The van der Waals surface area contributed by atoms with Crippen molar-refractivity contribution in [1.82, 2.24) is 4.90 Å². The van der Waals surface area contributed by atoms with Gasteiger partial charge in [0, 0.05) is 4.90 Å². The Kier molecular flexibility index (Phi) is 2.90. The van der Waals surface area contributed by atoms with Crippen molar-refractivity contribution in [3.8, 4) is 0 Å². The molecule has 3 fully saturated rings. The molecule has 16 heavy (non-hydrogen) atoms. The van der Waals surface area contributed by atoms with Crippen LogP contribution in [0.25, 0.3) is 0 Å². The van der Waals surface area contributed by atoms with Crippen LogP contribution in [0.15, 0.2) is 35.2 Å². The zero-order chi connectivity index (χ0) is 11.0. The van der Waals surface area contributed by atoms with E-state index in [4.69, 9.17) is 0 Å². The molecule has 0 N–H and O–H groups in total. The summed E-state index contributed by atoms with van der Waals surface area (Å²) >= 11 is 1.69. The molecule has 1 aromatic carbocycles. The molecule has 0 aliphatic carbocycles. The van der Waals surface area contributed by atoms with E-state index in [-0.39, 0.29) is 5.37 Å². The van der Waals surface area contributed by atoms with E-state index in [1.54, 1.807) is 11.8 Å². The number of fused-ring (bicyclic) bond motifs is 3. The zero-order valence-corrected chi connectivity index (χ0v) is 10.00. The first-order chi connectivity index (χ1) is 7.84. The predicted molar refractivity (Wildman–Crippen MR) is 65.3 cm³/mol. The van der Waals surface area contributed by atoms with Crippen LogP contribution in [0, 0.1) is 5.92 Å². The summed E-state index contributed by atoms with van der Waals surface area (Å²) in [5.41, 5.74) is 0. The Morgan fingerprint density at radius 1 is 1.12 bits per heavy atom. The molecule has 0 aromatic heterocycles. The van der Waals surface area contributed by atoms with Crippen LogP contribution in [0.3, 0.4) is 0 Å². The van der Waals surface area contributed by atoms with Crippen LogP contribution in [0.2, 0.25) is 0 Å². The normalized spacial score (nSPS) is 37.6. The van der Waals surface area contributed by atoms with Gasteiger partial charge in [0.15, 0.2) is 0 Å². The quantitative estimate of drug-likeness (QED) is 0.777. The Hall–Kier alpha value is -0.540. The Bertz CT molecular complexity index is 346. The predicted octanol–water partition coefficient (Wildman–Crippen LogP) is 3.17. The number of hydrogen-bond donors (Lipinski definition) is 0. The van der Waals surface area contributed by atoms with Crippen molar-refractivity contribution in [3.63, 3.8) is 0 Å². The van der Waals surface area contributed by atoms with Gasteiger partial charge < -0.3 is 0 Å². The Balaban J connectivity index is 1.75. The van der Waals surface area contributed by atoms with Crippen molar-refractivity contribution >= 4 is 11.8 Å². The first-order valence-corrected chi connectivity index (χ1v) is 6.82. The van der Waals surface area contributed by atoms with E-state index < -0.39 is 6.17 Å². The largest absolute Gasteiger partial charge is 0.289 e. The number of piperidine rings is 3. The number of halogens is 1. The highest BCUT2D eigenvalue weighted by molar-refractivity contribution is 8.00. The number of thioether (sulfide) groups is 1. The molecule has 0 spiro atoms. The van der Waals surface area contributed by atoms with E-state index in [2.05, 4.69) is 17.0 Å². The molecule has 0 amide bonds. The average Bonchev–Trinajstić information content (AvgIpc) is 2.36. The van der Waals surface area contributed by atoms with Gasteiger partial charge in [-0.25, -0.2) is 4.39 Å². The average molecular weight is 237 g/mol. The summed E-state index contributed by atoms with van der Waals surface area (Å²) in [5.74, 6) is 0.311. The van der Waals surface area contributed by atoms with Crippen molar-refractivity contribution in [1.29, 1.82) is 0 Å². The van der Waals surface area contributed by atoms with Gasteiger partial charge in [0.05, 0.1) is 5.37 Å². The smallest absolute Gasteiger partial charge is 0.128 e. The van der Waals surface area contributed by atoms with Crippen LogP contribution < -0.4 is 0 Å². The molecule has 3 heteroatoms. The summed E-state index contributed by atoms with van der Waals surface area (Å²) in [5, 5.41) is 0.0508. The lowest BCUT2D eigenvalue weighted by molar-refractivity contribution is 0.0108. The number of rotatable bonds is 2. The third-order valence-corrected chi connectivity index (χ3v) is 5.00. The SMILES string of the molecule is FC1C2CCN(CC2)[C@H]1Sc1ccccc1. The van der Waals surface area contributed by atoms with Crippen LogP contribution in [0.5, 0.6) is 0 Å². The highest BCUT2D eigenvalue weighted by atomic mass is 32.2. The molecular weight excluding hydrogens is 221 g/mol. The molecular formula is C13H16FNS. The van der Waals surface area contributed by atoms with E-state index in [0.29, 0.717) is 5.92 Å². The first-order valence-electron chi connectivity index (χ1n) is 5.94. The lowest BCUT2D eigenvalue weighted by atomic mass is 9.87. The van der Waals surface area contributed by atoms with E-state index in [0.717, 1.165) is 25.9 Å². The molecule has 2 bridgehead atoms. The van der Waals surface area contributed by atoms with E-state index in [9.17, 15) is 4.39 Å². The fourth-order valence-electron chi connectivity index (χ4n) is 2.70. The van der Waals surface area contributed by atoms with Gasteiger partial charge in [-0.3, -0.25) is 4.90 Å². The van der Waals surface area contributed by atoms with Gasteiger partial charge in [-0.1, -0.05) is 18.2 Å². The number of alkyl halides is 1. The third kappa shape index (κ3) is 1.87. The summed E-state index contributed by atoms with van der Waals surface area (Å²) < 4.78 is 14.2. The Labute approximate surface area is 100 Å². The standard InChI is InChI=1S/C13H16FNS/c14-12-10-6-8-15(9-7-10)13(12)16-11-4-2-1-3-5-11/h1-5,10,12-13H,6-9H2/t12?,13-/m0/s1. The minimum Gasteiger partial charge on any atom is -0.289 e. The molecule has 3 aliphatic rings. The maximum absolute atomic E-state index is 14.2. The topological polar surface area (TPSA) is 3.24 Å². The molecule has 1 aromatic rings. The molecule has 1 nitrogen and oxygen atoms in total. The van der Waals surface area contributed by atoms with Crippen LogP contribution in [0.1, 0.15) is 12.8 Å². The monoisotopic (exact) mass is 237 g/mol. The lowest BCUT2D eigenvalue weighted by Crippen LogP contribution is -2.54. The summed E-state index contributed by atoms with van der Waals surface area (Å²) in [4.78, 5) is 3.49. The van der Waals surface area contributed by atoms with Crippen LogP contribution in [-0.2, 0) is 0 Å². The lowest BCUT2D eigenvalue weighted by Gasteiger charge is -2.47. The van der Waals surface area contributed by atoms with Crippen LogP contribution in [-0.4, -0.2) is 29.5 Å². The van der Waals surface area contributed by atoms with Crippen molar-refractivity contribution < 1.29 is 4.39 Å². The third-order valence-electron chi connectivity index (χ3n) is 3.66. The molecule has 0 saturated carbocycles. The van der Waals surface area contributed by atoms with Gasteiger partial charge in [-0.15, -0.1) is 11.8 Å². The fraction of sp³-hybridized carbons (Fsp3) is 0.538. The van der Waals surface area contributed by atoms with Gasteiger partial charge in [-0.05, 0) is 44.0 Å². The summed E-state index contributed by atoms with van der Waals surface area (Å²) in [6, 6.07) is 10.2. The summed E-state index contributed by atoms with van der Waals surface area (Å²) in [7, 11) is 0. The summed E-state index contributed by atoms with van der Waals surface area (Å²) in [6.45, 7) is 2.16. The van der Waals surface area contributed by atoms with Crippen molar-refractivity contribution in [3.05, 3.63) is 30.3 Å². The van der Waals surface area contributed by atoms with Gasteiger partial charge in [0.25, 0.3) is 0 Å². The highest BCUT2D eigenvalue weighted by Crippen LogP contribution is 2.41. The molecule has 4 rings (SSSR count). The second-order valence-electron chi connectivity index (χ2n) is 4.64. The molecule has 3 aliphatic heterocycles. The van der Waals surface area contributed by atoms with Gasteiger partial charge in [-0.2, -0.15) is 0 Å². The van der Waals surface area contributed by atoms with Gasteiger partial charge in [0.2, 0.25) is 0 Å². The second kappa shape index (κ2) is 4.38. The number of hydrogen-bond acceptors (Lipinski definition) is 2. The Morgan fingerprint density at radius 3 is 2.44 bits per heavy atom. The number of benzene rings is 1. The molecule has 86 valence electrons. The van der Waals surface area contributed by atoms with E-state index in [1.165, 1.54) is 4.90 Å². The van der Waals surface area contributed by atoms with Crippen molar-refractivity contribution in [2.24, 2.45) is 5.92 Å². The maximum Gasteiger partial charge on any atom is 0.128 e. The second-order valence-corrected chi connectivity index (χ2v) is 5.83. The van der Waals surface area contributed by atoms with Crippen LogP contribution in [0.4, 0.5) is 4.39 Å². The van der Waals surface area contributed by atoms with Gasteiger partial charge in [0.1, 0.15) is 6.17 Å². The molecule has 1 unspecified atom stereocenters. The summed E-state index contributed by atoms with van der Waals surface area (Å²) in [6.07, 6.45) is 1.45. The molecule has 3 heterocycles. The zero-order valence-electron chi connectivity index (χ0n) is 9.18. The minimum atomic E-state index is -0.646. The maximum atomic E-state index is 14.2. The van der Waals surface area contributed by atoms with E-state index in [1.807, 2.05) is 18.2 Å². The highest BCUT2D eigenvalue weighted by Gasteiger charge is 2.42. The van der Waals surface area contributed by atoms with Crippen LogP contribution >= 0.6 is 11.8 Å². The molecule has 0 radical (unpaired) electrons. The van der Waals surface area contributed by atoms with E-state index >= 15 is 0 Å². The van der Waals surface area contributed by atoms with Gasteiger partial charge >= 0.3 is 0 Å². The van der Waals surface area contributed by atoms with Crippen molar-refractivity contribution in [2.75, 3.05) is 13.1 Å². The molecule has 2 atom stereocenters. The minimum absolute atomic E-state index is 0.0508. The first kappa shape index (κ1) is 10.6.